The second-order valence-electron chi connectivity index (χ2n) is 6.72. The van der Waals surface area contributed by atoms with Gasteiger partial charge < -0.3 is 10.2 Å². The molecule has 4 nitrogen and oxygen atoms in total. The second kappa shape index (κ2) is 9.04. The summed E-state index contributed by atoms with van der Waals surface area (Å²) in [5.74, 6) is 0.416. The molecule has 0 aromatic heterocycles. The maximum Gasteiger partial charge on any atom is 0.258 e. The van der Waals surface area contributed by atoms with Crippen LogP contribution in [-0.4, -0.2) is 24.1 Å². The molecule has 1 fully saturated rings. The van der Waals surface area contributed by atoms with E-state index in [0.717, 1.165) is 34.9 Å². The van der Waals surface area contributed by atoms with Gasteiger partial charge >= 0.3 is 0 Å². The van der Waals surface area contributed by atoms with E-state index in [4.69, 9.17) is 23.8 Å². The highest BCUT2D eigenvalue weighted by atomic mass is 79.9. The van der Waals surface area contributed by atoms with E-state index in [-0.39, 0.29) is 11.0 Å². The summed E-state index contributed by atoms with van der Waals surface area (Å²) in [4.78, 5) is 14.8. The van der Waals surface area contributed by atoms with Crippen molar-refractivity contribution >= 4 is 62.1 Å². The molecule has 7 heteroatoms. The number of piperidine rings is 1. The minimum atomic E-state index is -0.344. The normalized spacial score (nSPS) is 14.7. The van der Waals surface area contributed by atoms with Crippen LogP contribution in [0.3, 0.4) is 0 Å². The van der Waals surface area contributed by atoms with Crippen LogP contribution in [-0.2, 0) is 0 Å². The number of hydrogen-bond acceptors (Lipinski definition) is 3. The Balaban J connectivity index is 1.69. The Bertz CT molecular complexity index is 853. The van der Waals surface area contributed by atoms with E-state index in [0.29, 0.717) is 10.6 Å². The van der Waals surface area contributed by atoms with Gasteiger partial charge in [-0.1, -0.05) is 46.6 Å². The van der Waals surface area contributed by atoms with Crippen molar-refractivity contribution in [3.8, 4) is 0 Å². The zero-order chi connectivity index (χ0) is 19.4. The number of halogens is 2. The molecule has 0 aliphatic carbocycles. The second-order valence-corrected chi connectivity index (χ2v) is 8.45. The lowest BCUT2D eigenvalue weighted by molar-refractivity contribution is 0.0978. The first-order valence-electron chi connectivity index (χ1n) is 8.85. The van der Waals surface area contributed by atoms with Gasteiger partial charge in [-0.05, 0) is 61.3 Å². The third-order valence-electron chi connectivity index (χ3n) is 4.68. The average molecular weight is 467 g/mol. The fourth-order valence-electron chi connectivity index (χ4n) is 3.10. The number of amides is 1. The van der Waals surface area contributed by atoms with E-state index in [1.807, 2.05) is 18.2 Å². The van der Waals surface area contributed by atoms with E-state index in [9.17, 15) is 4.79 Å². The lowest BCUT2D eigenvalue weighted by atomic mass is 9.98. The predicted molar refractivity (Wildman–Crippen MR) is 120 cm³/mol. The smallest absolute Gasteiger partial charge is 0.258 e. The summed E-state index contributed by atoms with van der Waals surface area (Å²) >= 11 is 14.8. The van der Waals surface area contributed by atoms with Crippen molar-refractivity contribution in [2.45, 2.75) is 19.8 Å². The van der Waals surface area contributed by atoms with Crippen LogP contribution in [0.25, 0.3) is 0 Å². The van der Waals surface area contributed by atoms with Crippen molar-refractivity contribution in [3.63, 3.8) is 0 Å². The van der Waals surface area contributed by atoms with Crippen LogP contribution < -0.4 is 15.5 Å². The molecule has 1 saturated heterocycles. The van der Waals surface area contributed by atoms with E-state index < -0.39 is 0 Å². The first-order chi connectivity index (χ1) is 12.9. The fourth-order valence-corrected chi connectivity index (χ4v) is 3.87. The number of hydrogen-bond donors (Lipinski definition) is 2. The topological polar surface area (TPSA) is 44.4 Å². The van der Waals surface area contributed by atoms with Crippen LogP contribution in [0.1, 0.15) is 30.1 Å². The molecule has 3 rings (SSSR count). The minimum Gasteiger partial charge on any atom is -0.370 e. The molecule has 2 N–H and O–H groups in total. The van der Waals surface area contributed by atoms with Crippen molar-refractivity contribution in [2.24, 2.45) is 5.92 Å². The number of para-hydroxylation sites is 2. The molecular weight excluding hydrogens is 446 g/mol. The number of rotatable bonds is 3. The van der Waals surface area contributed by atoms with Gasteiger partial charge in [-0.25, -0.2) is 0 Å². The van der Waals surface area contributed by atoms with E-state index in [1.54, 1.807) is 18.2 Å². The Morgan fingerprint density at radius 2 is 1.93 bits per heavy atom. The molecule has 0 spiro atoms. The molecule has 0 bridgehead atoms. The molecule has 2 aromatic rings. The van der Waals surface area contributed by atoms with Gasteiger partial charge in [-0.15, -0.1) is 0 Å². The standard InChI is InChI=1S/C20H21BrClN3OS/c1-13-8-10-25(11-9-13)18-5-3-2-4-17(18)23-20(27)24-19(26)15-12-14(21)6-7-16(15)22/h2-7,12-13H,8-11H2,1H3,(H2,23,24,26,27). The van der Waals surface area contributed by atoms with Crippen LogP contribution in [0.4, 0.5) is 11.4 Å². The van der Waals surface area contributed by atoms with Crippen molar-refractivity contribution in [1.82, 2.24) is 5.32 Å². The van der Waals surface area contributed by atoms with Gasteiger partial charge in [0.2, 0.25) is 0 Å². The molecule has 1 aliphatic heterocycles. The summed E-state index contributed by atoms with van der Waals surface area (Å²) in [7, 11) is 0. The van der Waals surface area contributed by atoms with Gasteiger partial charge in [0.1, 0.15) is 0 Å². The molecule has 1 heterocycles. The lowest BCUT2D eigenvalue weighted by Crippen LogP contribution is -2.36. The number of benzene rings is 2. The SMILES string of the molecule is CC1CCN(c2ccccc2NC(=S)NC(=O)c2cc(Br)ccc2Cl)CC1. The van der Waals surface area contributed by atoms with Gasteiger partial charge in [-0.2, -0.15) is 0 Å². The van der Waals surface area contributed by atoms with Gasteiger partial charge in [0.15, 0.2) is 5.11 Å². The Morgan fingerprint density at radius 3 is 2.67 bits per heavy atom. The first kappa shape index (κ1) is 20.1. The summed E-state index contributed by atoms with van der Waals surface area (Å²) in [6.07, 6.45) is 2.35. The molecule has 27 heavy (non-hydrogen) atoms. The highest BCUT2D eigenvalue weighted by molar-refractivity contribution is 9.10. The third kappa shape index (κ3) is 5.21. The van der Waals surface area contributed by atoms with Gasteiger partial charge in [0.25, 0.3) is 5.91 Å². The highest BCUT2D eigenvalue weighted by Gasteiger charge is 2.19. The van der Waals surface area contributed by atoms with Gasteiger partial charge in [0, 0.05) is 17.6 Å². The molecule has 0 unspecified atom stereocenters. The van der Waals surface area contributed by atoms with Crippen LogP contribution in [0, 0.1) is 5.92 Å². The van der Waals surface area contributed by atoms with Crippen molar-refractivity contribution < 1.29 is 4.79 Å². The fraction of sp³-hybridized carbons (Fsp3) is 0.300. The van der Waals surface area contributed by atoms with Crippen LogP contribution in [0.2, 0.25) is 5.02 Å². The Labute approximate surface area is 178 Å². The van der Waals surface area contributed by atoms with E-state index in [1.165, 1.54) is 12.8 Å². The largest absolute Gasteiger partial charge is 0.370 e. The van der Waals surface area contributed by atoms with Gasteiger partial charge in [-0.3, -0.25) is 10.1 Å². The maximum atomic E-state index is 12.5. The monoisotopic (exact) mass is 465 g/mol. The summed E-state index contributed by atoms with van der Waals surface area (Å²) < 4.78 is 0.778. The molecule has 0 radical (unpaired) electrons. The van der Waals surface area contributed by atoms with Crippen molar-refractivity contribution in [1.29, 1.82) is 0 Å². The van der Waals surface area contributed by atoms with Crippen molar-refractivity contribution in [2.75, 3.05) is 23.3 Å². The quantitative estimate of drug-likeness (QED) is 0.589. The molecule has 2 aromatic carbocycles. The Kier molecular flexibility index (Phi) is 6.73. The number of nitrogens with one attached hydrogen (secondary N) is 2. The van der Waals surface area contributed by atoms with Crippen LogP contribution >= 0.6 is 39.7 Å². The van der Waals surface area contributed by atoms with E-state index in [2.05, 4.69) is 44.5 Å². The zero-order valence-electron chi connectivity index (χ0n) is 15.0. The lowest BCUT2D eigenvalue weighted by Gasteiger charge is -2.33. The van der Waals surface area contributed by atoms with E-state index >= 15 is 0 Å². The summed E-state index contributed by atoms with van der Waals surface area (Å²) in [6.45, 7) is 4.33. The minimum absolute atomic E-state index is 0.244. The molecule has 0 saturated carbocycles. The first-order valence-corrected chi connectivity index (χ1v) is 10.4. The van der Waals surface area contributed by atoms with Crippen LogP contribution in [0.5, 0.6) is 0 Å². The Morgan fingerprint density at radius 1 is 1.22 bits per heavy atom. The third-order valence-corrected chi connectivity index (χ3v) is 5.70. The summed E-state index contributed by atoms with van der Waals surface area (Å²) in [5, 5.41) is 6.48. The number of carbonyl (C=O) groups excluding carboxylic acids is 1. The summed E-state index contributed by atoms with van der Waals surface area (Å²) in [6, 6.07) is 13.1. The van der Waals surface area contributed by atoms with Crippen LogP contribution in [0.15, 0.2) is 46.9 Å². The van der Waals surface area contributed by atoms with Gasteiger partial charge in [0.05, 0.1) is 22.0 Å². The predicted octanol–water partition coefficient (Wildman–Crippen LogP) is 5.47. The highest BCUT2D eigenvalue weighted by Crippen LogP contribution is 2.29. The molecule has 142 valence electrons. The molecular formula is C20H21BrClN3OS. The van der Waals surface area contributed by atoms with Crippen molar-refractivity contribution in [3.05, 3.63) is 57.5 Å². The number of thiocarbonyl (C=S) groups is 1. The zero-order valence-corrected chi connectivity index (χ0v) is 18.1. The number of carbonyl (C=O) groups is 1. The molecule has 0 atom stereocenters. The number of nitrogens with zero attached hydrogens (tertiary/aromatic N) is 1. The molecule has 1 aliphatic rings. The summed E-state index contributed by atoms with van der Waals surface area (Å²) in [5.41, 5.74) is 2.35. The number of anilines is 2. The average Bonchev–Trinajstić information content (AvgIpc) is 2.65. The Hall–Kier alpha value is -1.63. The molecule has 1 amide bonds. The maximum absolute atomic E-state index is 12.5.